The van der Waals surface area contributed by atoms with Crippen LogP contribution in [-0.4, -0.2) is 0 Å². The topological polar surface area (TPSA) is 0 Å². The fourth-order valence-electron chi connectivity index (χ4n) is 1.53. The van der Waals surface area contributed by atoms with Gasteiger partial charge in [-0.25, -0.2) is 8.78 Å². The van der Waals surface area contributed by atoms with Crippen LogP contribution >= 0.6 is 31.9 Å². The molecule has 0 aliphatic carbocycles. The van der Waals surface area contributed by atoms with Gasteiger partial charge in [0, 0.05) is 4.47 Å². The number of rotatable bonds is 2. The molecule has 1 atom stereocenters. The van der Waals surface area contributed by atoms with Gasteiger partial charge in [-0.05, 0) is 35.4 Å². The number of hydrogen-bond donors (Lipinski definition) is 0. The van der Waals surface area contributed by atoms with Crippen LogP contribution in [0.3, 0.4) is 0 Å². The van der Waals surface area contributed by atoms with E-state index in [2.05, 4.69) is 31.9 Å². The highest BCUT2D eigenvalue weighted by atomic mass is 79.9. The first kappa shape index (κ1) is 12.7. The molecule has 0 saturated heterocycles. The van der Waals surface area contributed by atoms with E-state index < -0.39 is 11.6 Å². The maximum atomic E-state index is 13.1. The first-order valence-electron chi connectivity index (χ1n) is 4.92. The van der Waals surface area contributed by atoms with E-state index in [1.54, 1.807) is 6.07 Å². The Morgan fingerprint density at radius 1 is 0.882 bits per heavy atom. The van der Waals surface area contributed by atoms with Crippen molar-refractivity contribution >= 4 is 31.9 Å². The van der Waals surface area contributed by atoms with Gasteiger partial charge < -0.3 is 0 Å². The van der Waals surface area contributed by atoms with Crippen LogP contribution in [0, 0.1) is 11.6 Å². The van der Waals surface area contributed by atoms with Crippen molar-refractivity contribution in [2.24, 2.45) is 0 Å². The van der Waals surface area contributed by atoms with E-state index in [4.69, 9.17) is 0 Å². The van der Waals surface area contributed by atoms with Crippen LogP contribution < -0.4 is 0 Å². The lowest BCUT2D eigenvalue weighted by atomic mass is 10.0. The van der Waals surface area contributed by atoms with E-state index in [1.807, 2.05) is 24.3 Å². The summed E-state index contributed by atoms with van der Waals surface area (Å²) >= 11 is 6.85. The van der Waals surface area contributed by atoms with E-state index >= 15 is 0 Å². The molecule has 0 nitrogen and oxygen atoms in total. The minimum Gasteiger partial charge on any atom is -0.204 e. The van der Waals surface area contributed by atoms with Gasteiger partial charge in [0.05, 0.1) is 4.83 Å². The predicted molar refractivity (Wildman–Crippen MR) is 71.3 cm³/mol. The van der Waals surface area contributed by atoms with Crippen molar-refractivity contribution in [3.8, 4) is 0 Å². The van der Waals surface area contributed by atoms with E-state index in [1.165, 1.54) is 6.07 Å². The van der Waals surface area contributed by atoms with Crippen LogP contribution in [0.25, 0.3) is 0 Å². The second-order valence-electron chi connectivity index (χ2n) is 3.59. The molecule has 2 aromatic carbocycles. The van der Waals surface area contributed by atoms with Crippen LogP contribution in [0.1, 0.15) is 16.0 Å². The second-order valence-corrected chi connectivity index (χ2v) is 5.42. The van der Waals surface area contributed by atoms with Crippen LogP contribution in [0.4, 0.5) is 8.78 Å². The molecular formula is C13H8Br2F2. The number of benzene rings is 2. The van der Waals surface area contributed by atoms with Gasteiger partial charge in [0.1, 0.15) is 0 Å². The van der Waals surface area contributed by atoms with Crippen molar-refractivity contribution in [3.05, 3.63) is 69.7 Å². The molecule has 0 saturated carbocycles. The molecule has 17 heavy (non-hydrogen) atoms. The molecule has 2 aromatic rings. The Morgan fingerprint density at radius 2 is 1.59 bits per heavy atom. The molecule has 0 spiro atoms. The SMILES string of the molecule is Fc1ccc(C(Br)c2cccc(Br)c2)cc1F. The predicted octanol–water partition coefficient (Wildman–Crippen LogP) is 5.21. The van der Waals surface area contributed by atoms with Crippen LogP contribution in [-0.2, 0) is 0 Å². The summed E-state index contributed by atoms with van der Waals surface area (Å²) in [6.45, 7) is 0. The molecule has 0 radical (unpaired) electrons. The van der Waals surface area contributed by atoms with Gasteiger partial charge in [0.25, 0.3) is 0 Å². The summed E-state index contributed by atoms with van der Waals surface area (Å²) in [5.41, 5.74) is 1.66. The zero-order chi connectivity index (χ0) is 12.4. The summed E-state index contributed by atoms with van der Waals surface area (Å²) < 4.78 is 26.9. The van der Waals surface area contributed by atoms with Gasteiger partial charge in [-0.3, -0.25) is 0 Å². The average molecular weight is 362 g/mol. The molecule has 88 valence electrons. The third kappa shape index (κ3) is 2.93. The van der Waals surface area contributed by atoms with Gasteiger partial charge in [0.15, 0.2) is 11.6 Å². The molecular weight excluding hydrogens is 354 g/mol. The molecule has 0 heterocycles. The molecule has 0 fully saturated rings. The highest BCUT2D eigenvalue weighted by Gasteiger charge is 2.12. The molecule has 0 bridgehead atoms. The standard InChI is InChI=1S/C13H8Br2F2/c14-10-3-1-2-8(6-10)13(15)9-4-5-11(16)12(17)7-9/h1-7,13H. The third-order valence-electron chi connectivity index (χ3n) is 2.38. The van der Waals surface area contributed by atoms with Crippen LogP contribution in [0.15, 0.2) is 46.9 Å². The van der Waals surface area contributed by atoms with Crippen molar-refractivity contribution in [2.75, 3.05) is 0 Å². The van der Waals surface area contributed by atoms with Crippen LogP contribution in [0.2, 0.25) is 0 Å². The minimum atomic E-state index is -0.832. The molecule has 0 aliphatic rings. The van der Waals surface area contributed by atoms with E-state index in [0.29, 0.717) is 5.56 Å². The summed E-state index contributed by atoms with van der Waals surface area (Å²) in [7, 11) is 0. The van der Waals surface area contributed by atoms with Gasteiger partial charge in [-0.2, -0.15) is 0 Å². The largest absolute Gasteiger partial charge is 0.204 e. The van der Waals surface area contributed by atoms with Gasteiger partial charge in [-0.15, -0.1) is 0 Å². The first-order chi connectivity index (χ1) is 8.08. The van der Waals surface area contributed by atoms with Crippen molar-refractivity contribution in [1.29, 1.82) is 0 Å². The number of alkyl halides is 1. The lowest BCUT2D eigenvalue weighted by molar-refractivity contribution is 0.507. The summed E-state index contributed by atoms with van der Waals surface area (Å²) in [5, 5.41) is 0. The van der Waals surface area contributed by atoms with E-state index in [-0.39, 0.29) is 4.83 Å². The van der Waals surface area contributed by atoms with Crippen molar-refractivity contribution in [1.82, 2.24) is 0 Å². The normalized spacial score (nSPS) is 12.5. The number of halogens is 4. The highest BCUT2D eigenvalue weighted by Crippen LogP contribution is 2.32. The number of hydrogen-bond acceptors (Lipinski definition) is 0. The smallest absolute Gasteiger partial charge is 0.159 e. The monoisotopic (exact) mass is 360 g/mol. The molecule has 0 aliphatic heterocycles. The van der Waals surface area contributed by atoms with Crippen molar-refractivity contribution in [2.45, 2.75) is 4.83 Å². The van der Waals surface area contributed by atoms with Crippen LogP contribution in [0.5, 0.6) is 0 Å². The fourth-order valence-corrected chi connectivity index (χ4v) is 2.51. The minimum absolute atomic E-state index is 0.157. The van der Waals surface area contributed by atoms with Gasteiger partial charge >= 0.3 is 0 Å². The average Bonchev–Trinajstić information content (AvgIpc) is 2.32. The lowest BCUT2D eigenvalue weighted by Crippen LogP contribution is -1.95. The molecule has 0 amide bonds. The summed E-state index contributed by atoms with van der Waals surface area (Å²) in [4.78, 5) is -0.157. The molecule has 2 rings (SSSR count). The van der Waals surface area contributed by atoms with Crippen molar-refractivity contribution in [3.63, 3.8) is 0 Å². The zero-order valence-electron chi connectivity index (χ0n) is 8.63. The Labute approximate surface area is 115 Å². The molecule has 0 N–H and O–H groups in total. The zero-order valence-corrected chi connectivity index (χ0v) is 11.8. The van der Waals surface area contributed by atoms with E-state index in [9.17, 15) is 8.78 Å². The Balaban J connectivity index is 2.36. The Bertz CT molecular complexity index is 541. The Morgan fingerprint density at radius 3 is 2.24 bits per heavy atom. The van der Waals surface area contributed by atoms with Crippen molar-refractivity contribution < 1.29 is 8.78 Å². The second kappa shape index (κ2) is 5.27. The quantitative estimate of drug-likeness (QED) is 0.644. The Kier molecular flexibility index (Phi) is 3.94. The van der Waals surface area contributed by atoms with Gasteiger partial charge in [0.2, 0.25) is 0 Å². The molecule has 4 heteroatoms. The molecule has 1 unspecified atom stereocenters. The summed E-state index contributed by atoms with van der Waals surface area (Å²) in [6.07, 6.45) is 0. The lowest BCUT2D eigenvalue weighted by Gasteiger charge is -2.11. The summed E-state index contributed by atoms with van der Waals surface area (Å²) in [5.74, 6) is -1.66. The molecule has 0 aromatic heterocycles. The fraction of sp³-hybridized carbons (Fsp3) is 0.0769. The first-order valence-corrected chi connectivity index (χ1v) is 6.63. The maximum Gasteiger partial charge on any atom is 0.159 e. The van der Waals surface area contributed by atoms with Gasteiger partial charge in [-0.1, -0.05) is 50.1 Å². The highest BCUT2D eigenvalue weighted by molar-refractivity contribution is 9.10. The Hall–Kier alpha value is -0.740. The maximum absolute atomic E-state index is 13.1. The third-order valence-corrected chi connectivity index (χ3v) is 3.93. The van der Waals surface area contributed by atoms with E-state index in [0.717, 1.165) is 16.1 Å². The summed E-state index contributed by atoms with van der Waals surface area (Å²) in [6, 6.07) is 11.6.